The summed E-state index contributed by atoms with van der Waals surface area (Å²) in [5.41, 5.74) is 0.736. The van der Waals surface area contributed by atoms with E-state index in [1.165, 1.54) is 17.5 Å². The molecule has 1 amide bonds. The number of piperazine rings is 1. The second-order valence-corrected chi connectivity index (χ2v) is 7.72. The van der Waals surface area contributed by atoms with Crippen molar-refractivity contribution in [1.82, 2.24) is 0 Å². The fourth-order valence-electron chi connectivity index (χ4n) is 4.30. The second kappa shape index (κ2) is 7.37. The third kappa shape index (κ3) is 3.30. The van der Waals surface area contributed by atoms with Crippen LogP contribution in [0.4, 0.5) is 11.4 Å². The van der Waals surface area contributed by atoms with Gasteiger partial charge in [0.05, 0.1) is 31.9 Å². The van der Waals surface area contributed by atoms with Crippen molar-refractivity contribution in [2.45, 2.75) is 18.9 Å². The summed E-state index contributed by atoms with van der Waals surface area (Å²) in [5.74, 6) is -0.585. The highest BCUT2D eigenvalue weighted by atomic mass is 16.3. The maximum atomic E-state index is 13.1. The molecule has 2 aromatic rings. The number of quaternary nitrogens is 1. The maximum Gasteiger partial charge on any atom is 0.268 e. The first-order valence-electron chi connectivity index (χ1n) is 9.76. The molecule has 0 aliphatic carbocycles. The zero-order valence-corrected chi connectivity index (χ0v) is 16.1. The lowest BCUT2D eigenvalue weighted by Gasteiger charge is -2.35. The Bertz CT molecular complexity index is 878. The van der Waals surface area contributed by atoms with Crippen LogP contribution in [0.5, 0.6) is 0 Å². The number of rotatable bonds is 5. The van der Waals surface area contributed by atoms with Gasteiger partial charge in [0, 0.05) is 17.7 Å². The molecule has 2 aliphatic rings. The number of carbonyl (C=O) groups is 2. The Balaban J connectivity index is 1.48. The van der Waals surface area contributed by atoms with Crippen LogP contribution in [-0.2, 0) is 15.2 Å². The van der Waals surface area contributed by atoms with E-state index in [1.807, 2.05) is 30.3 Å². The van der Waals surface area contributed by atoms with E-state index in [4.69, 9.17) is 0 Å². The number of fused-ring (bicyclic) bond motifs is 1. The highest BCUT2D eigenvalue weighted by molar-refractivity contribution is 6.08. The lowest BCUT2D eigenvalue weighted by atomic mass is 9.90. The van der Waals surface area contributed by atoms with Crippen LogP contribution in [0.15, 0.2) is 54.6 Å². The van der Waals surface area contributed by atoms with E-state index in [-0.39, 0.29) is 18.1 Å². The number of hydrogen-bond donors (Lipinski definition) is 2. The summed E-state index contributed by atoms with van der Waals surface area (Å²) in [6.07, 6.45) is -0.184. The Morgan fingerprint density at radius 2 is 1.71 bits per heavy atom. The Morgan fingerprint density at radius 1 is 1.07 bits per heavy atom. The highest BCUT2D eigenvalue weighted by Crippen LogP contribution is 2.41. The zero-order chi connectivity index (χ0) is 19.7. The molecule has 0 radical (unpaired) electrons. The molecule has 0 unspecified atom stereocenters. The molecule has 0 bridgehead atoms. The van der Waals surface area contributed by atoms with Crippen LogP contribution in [0.3, 0.4) is 0 Å². The largest absolute Gasteiger partial charge is 0.375 e. The molecule has 1 saturated heterocycles. The van der Waals surface area contributed by atoms with Gasteiger partial charge in [-0.15, -0.1) is 0 Å². The molecular formula is C22H26N3O3+. The maximum absolute atomic E-state index is 13.1. The summed E-state index contributed by atoms with van der Waals surface area (Å²) in [6.45, 7) is 5.56. The first-order chi connectivity index (χ1) is 13.5. The van der Waals surface area contributed by atoms with Gasteiger partial charge in [-0.25, -0.2) is 0 Å². The Labute approximate surface area is 165 Å². The van der Waals surface area contributed by atoms with Crippen molar-refractivity contribution in [2.24, 2.45) is 0 Å². The SMILES string of the molecule is CC(=O)C[C@]1(O)C(=O)N(C[NH+]2CCN(c3ccccc3)CC2)c2ccccc21. The summed E-state index contributed by atoms with van der Waals surface area (Å²) < 4.78 is 0. The smallest absolute Gasteiger partial charge is 0.268 e. The van der Waals surface area contributed by atoms with E-state index in [0.29, 0.717) is 17.9 Å². The number of para-hydroxylation sites is 2. The molecule has 4 rings (SSSR count). The van der Waals surface area contributed by atoms with Gasteiger partial charge in [-0.3, -0.25) is 14.5 Å². The number of nitrogens with one attached hydrogen (secondary N) is 1. The molecule has 2 aliphatic heterocycles. The predicted octanol–water partition coefficient (Wildman–Crippen LogP) is 0.563. The van der Waals surface area contributed by atoms with Gasteiger partial charge >= 0.3 is 0 Å². The lowest BCUT2D eigenvalue weighted by Crippen LogP contribution is -3.16. The Morgan fingerprint density at radius 3 is 2.39 bits per heavy atom. The Hall–Kier alpha value is -2.70. The van der Waals surface area contributed by atoms with Crippen LogP contribution in [-0.4, -0.2) is 49.6 Å². The summed E-state index contributed by atoms with van der Waals surface area (Å²) >= 11 is 0. The summed E-state index contributed by atoms with van der Waals surface area (Å²) in [6, 6.07) is 17.6. The van der Waals surface area contributed by atoms with Crippen LogP contribution in [0.2, 0.25) is 0 Å². The molecular weight excluding hydrogens is 354 g/mol. The minimum absolute atomic E-state index is 0.184. The summed E-state index contributed by atoms with van der Waals surface area (Å²) in [7, 11) is 0. The number of hydrogen-bond acceptors (Lipinski definition) is 4. The number of aliphatic hydroxyl groups is 1. The molecule has 1 fully saturated rings. The van der Waals surface area contributed by atoms with Gasteiger partial charge in [-0.1, -0.05) is 36.4 Å². The van der Waals surface area contributed by atoms with Gasteiger partial charge in [0.25, 0.3) is 5.91 Å². The van der Waals surface area contributed by atoms with Crippen LogP contribution in [0, 0.1) is 0 Å². The van der Waals surface area contributed by atoms with Crippen molar-refractivity contribution in [2.75, 3.05) is 42.6 Å². The van der Waals surface area contributed by atoms with Gasteiger partial charge in [-0.2, -0.15) is 0 Å². The van der Waals surface area contributed by atoms with Crippen LogP contribution >= 0.6 is 0 Å². The van der Waals surface area contributed by atoms with E-state index in [9.17, 15) is 14.7 Å². The first kappa shape index (κ1) is 18.7. The molecule has 2 aromatic carbocycles. The van der Waals surface area contributed by atoms with Crippen molar-refractivity contribution in [3.8, 4) is 0 Å². The van der Waals surface area contributed by atoms with Crippen LogP contribution in [0.1, 0.15) is 18.9 Å². The number of anilines is 2. The quantitative estimate of drug-likeness (QED) is 0.796. The third-order valence-corrected chi connectivity index (χ3v) is 5.72. The van der Waals surface area contributed by atoms with Gasteiger partial charge in [0.2, 0.25) is 0 Å². The molecule has 6 nitrogen and oxygen atoms in total. The second-order valence-electron chi connectivity index (χ2n) is 7.72. The number of amides is 1. The predicted molar refractivity (Wildman–Crippen MR) is 107 cm³/mol. The molecule has 1 atom stereocenters. The van der Waals surface area contributed by atoms with E-state index >= 15 is 0 Å². The van der Waals surface area contributed by atoms with Crippen LogP contribution in [0.25, 0.3) is 0 Å². The summed E-state index contributed by atoms with van der Waals surface area (Å²) in [4.78, 5) is 30.1. The number of Topliss-reactive ketones (excluding diaryl/α,β-unsaturated/α-hetero) is 1. The lowest BCUT2D eigenvalue weighted by molar-refractivity contribution is -0.899. The van der Waals surface area contributed by atoms with Crippen molar-refractivity contribution >= 4 is 23.1 Å². The minimum Gasteiger partial charge on any atom is -0.375 e. The van der Waals surface area contributed by atoms with E-state index < -0.39 is 5.60 Å². The molecule has 146 valence electrons. The molecule has 2 N–H and O–H groups in total. The fraction of sp³-hybridized carbons (Fsp3) is 0.364. The average Bonchev–Trinajstić information content (AvgIpc) is 2.91. The molecule has 0 saturated carbocycles. The molecule has 6 heteroatoms. The van der Waals surface area contributed by atoms with E-state index in [1.54, 1.807) is 17.0 Å². The van der Waals surface area contributed by atoms with Crippen molar-refractivity contribution < 1.29 is 19.6 Å². The standard InChI is InChI=1S/C22H25N3O3/c1-17(26)15-22(28)19-9-5-6-10-20(19)25(21(22)27)16-23-11-13-24(14-12-23)18-7-3-2-4-8-18/h2-10,28H,11-16H2,1H3/p+1/t22-/m1/s1. The minimum atomic E-state index is -1.74. The van der Waals surface area contributed by atoms with Crippen molar-refractivity contribution in [3.63, 3.8) is 0 Å². The van der Waals surface area contributed by atoms with Crippen LogP contribution < -0.4 is 14.7 Å². The number of nitrogens with zero attached hydrogens (tertiary/aromatic N) is 2. The third-order valence-electron chi connectivity index (χ3n) is 5.72. The zero-order valence-electron chi connectivity index (χ0n) is 16.1. The molecule has 28 heavy (non-hydrogen) atoms. The van der Waals surface area contributed by atoms with Gasteiger partial charge < -0.3 is 14.9 Å². The molecule has 0 aromatic heterocycles. The number of benzene rings is 2. The Kier molecular flexibility index (Phi) is 4.91. The molecule has 0 spiro atoms. The first-order valence-corrected chi connectivity index (χ1v) is 9.76. The topological polar surface area (TPSA) is 65.3 Å². The number of carbonyl (C=O) groups excluding carboxylic acids is 2. The van der Waals surface area contributed by atoms with Crippen molar-refractivity contribution in [3.05, 3.63) is 60.2 Å². The number of ketones is 1. The highest BCUT2D eigenvalue weighted by Gasteiger charge is 2.51. The van der Waals surface area contributed by atoms with Gasteiger partial charge in [0.1, 0.15) is 5.78 Å². The normalized spacial score (nSPS) is 22.4. The average molecular weight is 380 g/mol. The fourth-order valence-corrected chi connectivity index (χ4v) is 4.30. The monoisotopic (exact) mass is 380 g/mol. The van der Waals surface area contributed by atoms with E-state index in [0.717, 1.165) is 26.2 Å². The van der Waals surface area contributed by atoms with E-state index in [2.05, 4.69) is 17.0 Å². The summed E-state index contributed by atoms with van der Waals surface area (Å²) in [5, 5.41) is 11.0. The molecule has 2 heterocycles. The van der Waals surface area contributed by atoms with Gasteiger partial charge in [0.15, 0.2) is 12.3 Å². The van der Waals surface area contributed by atoms with Crippen molar-refractivity contribution in [1.29, 1.82) is 0 Å². The van der Waals surface area contributed by atoms with Gasteiger partial charge in [-0.05, 0) is 25.1 Å².